The van der Waals surface area contributed by atoms with Crippen LogP contribution in [0.3, 0.4) is 0 Å². The molecule has 1 fully saturated rings. The molecule has 0 aliphatic carbocycles. The molecule has 0 spiro atoms. The summed E-state index contributed by atoms with van der Waals surface area (Å²) in [5.74, 6) is 2.76. The van der Waals surface area contributed by atoms with Crippen molar-refractivity contribution in [2.75, 3.05) is 12.8 Å². The van der Waals surface area contributed by atoms with Gasteiger partial charge >= 0.3 is 0 Å². The minimum absolute atomic E-state index is 0.144. The van der Waals surface area contributed by atoms with Gasteiger partial charge in [-0.3, -0.25) is 9.89 Å². The molecule has 0 bridgehead atoms. The van der Waals surface area contributed by atoms with E-state index in [9.17, 15) is 4.79 Å². The highest BCUT2D eigenvalue weighted by molar-refractivity contribution is 8.00. The Hall–Kier alpha value is -1.04. The van der Waals surface area contributed by atoms with Gasteiger partial charge in [0.2, 0.25) is 5.91 Å². The van der Waals surface area contributed by atoms with Crippen LogP contribution in [0.25, 0.3) is 0 Å². The molecule has 1 atom stereocenters. The molecule has 16 heavy (non-hydrogen) atoms. The summed E-state index contributed by atoms with van der Waals surface area (Å²) in [5, 5.41) is 6.95. The van der Waals surface area contributed by atoms with E-state index < -0.39 is 0 Å². The molecule has 0 saturated carbocycles. The van der Waals surface area contributed by atoms with Crippen LogP contribution >= 0.6 is 11.8 Å². The second-order valence-corrected chi connectivity index (χ2v) is 5.34. The monoisotopic (exact) mass is 240 g/mol. The third-order valence-electron chi connectivity index (χ3n) is 2.60. The number of amides is 1. The van der Waals surface area contributed by atoms with Gasteiger partial charge in [-0.05, 0) is 25.5 Å². The molecule has 1 aromatic heterocycles. The molecule has 1 unspecified atom stereocenters. The van der Waals surface area contributed by atoms with Gasteiger partial charge in [0.15, 0.2) is 5.82 Å². The molecule has 0 radical (unpaired) electrons. The van der Waals surface area contributed by atoms with E-state index in [2.05, 4.69) is 15.2 Å². The van der Waals surface area contributed by atoms with E-state index in [1.807, 2.05) is 14.0 Å². The van der Waals surface area contributed by atoms with Gasteiger partial charge in [0, 0.05) is 7.05 Å². The van der Waals surface area contributed by atoms with Crippen LogP contribution in [0, 0.1) is 6.92 Å². The first-order valence-electron chi connectivity index (χ1n) is 5.41. The Balaban J connectivity index is 1.91. The second-order valence-electron chi connectivity index (χ2n) is 4.03. The van der Waals surface area contributed by atoms with Crippen molar-refractivity contribution in [1.29, 1.82) is 0 Å². The average Bonchev–Trinajstić information content (AvgIpc) is 2.88. The van der Waals surface area contributed by atoms with Crippen molar-refractivity contribution in [1.82, 2.24) is 20.1 Å². The molecule has 2 heterocycles. The number of H-pyrrole nitrogens is 1. The number of nitrogens with zero attached hydrogens (tertiary/aromatic N) is 3. The molecule has 1 aliphatic rings. The molecule has 0 aromatic carbocycles. The summed E-state index contributed by atoms with van der Waals surface area (Å²) in [6.07, 6.45) is 2.15. The molecule has 5 nitrogen and oxygen atoms in total. The highest BCUT2D eigenvalue weighted by atomic mass is 32.2. The molecule has 1 aliphatic heterocycles. The summed E-state index contributed by atoms with van der Waals surface area (Å²) in [4.78, 5) is 17.9. The van der Waals surface area contributed by atoms with Crippen molar-refractivity contribution >= 4 is 17.7 Å². The van der Waals surface area contributed by atoms with Crippen molar-refractivity contribution < 1.29 is 4.79 Å². The number of aromatic nitrogens is 3. The molecule has 1 aromatic rings. The van der Waals surface area contributed by atoms with Crippen LogP contribution in [-0.2, 0) is 11.3 Å². The zero-order chi connectivity index (χ0) is 11.5. The number of rotatable bonds is 3. The van der Waals surface area contributed by atoms with Gasteiger partial charge in [0.1, 0.15) is 5.82 Å². The summed E-state index contributed by atoms with van der Waals surface area (Å²) >= 11 is 1.75. The van der Waals surface area contributed by atoms with Gasteiger partial charge in [-0.15, -0.1) is 11.8 Å². The Morgan fingerprint density at radius 3 is 3.06 bits per heavy atom. The Morgan fingerprint density at radius 2 is 2.50 bits per heavy atom. The van der Waals surface area contributed by atoms with Gasteiger partial charge in [-0.25, -0.2) is 4.98 Å². The number of aryl methyl sites for hydroxylation is 1. The topological polar surface area (TPSA) is 61.9 Å². The lowest BCUT2D eigenvalue weighted by Crippen LogP contribution is -2.33. The van der Waals surface area contributed by atoms with Crippen molar-refractivity contribution in [3.05, 3.63) is 11.6 Å². The Kier molecular flexibility index (Phi) is 3.48. The molecule has 1 amide bonds. The Labute approximate surface area is 99.0 Å². The van der Waals surface area contributed by atoms with E-state index in [1.165, 1.54) is 0 Å². The van der Waals surface area contributed by atoms with Gasteiger partial charge in [0.25, 0.3) is 0 Å². The average molecular weight is 240 g/mol. The number of carbonyl (C=O) groups is 1. The number of carbonyl (C=O) groups excluding carboxylic acids is 1. The third kappa shape index (κ3) is 2.55. The fourth-order valence-electron chi connectivity index (χ4n) is 1.77. The van der Waals surface area contributed by atoms with E-state index in [0.29, 0.717) is 12.4 Å². The van der Waals surface area contributed by atoms with E-state index in [1.54, 1.807) is 16.7 Å². The van der Waals surface area contributed by atoms with Crippen LogP contribution in [-0.4, -0.2) is 44.0 Å². The molecular weight excluding hydrogens is 224 g/mol. The number of aromatic amines is 1. The van der Waals surface area contributed by atoms with Crippen molar-refractivity contribution in [3.63, 3.8) is 0 Å². The SMILES string of the molecule is Cc1nc(CN(C)C(=O)C2CCCS2)n[nH]1. The lowest BCUT2D eigenvalue weighted by atomic mass is 10.2. The van der Waals surface area contributed by atoms with Gasteiger partial charge in [-0.2, -0.15) is 5.10 Å². The van der Waals surface area contributed by atoms with Crippen molar-refractivity contribution in [2.45, 2.75) is 31.6 Å². The van der Waals surface area contributed by atoms with E-state index >= 15 is 0 Å². The van der Waals surface area contributed by atoms with Crippen LogP contribution in [0.2, 0.25) is 0 Å². The maximum absolute atomic E-state index is 12.0. The zero-order valence-corrected chi connectivity index (χ0v) is 10.4. The van der Waals surface area contributed by atoms with Gasteiger partial charge < -0.3 is 4.90 Å². The van der Waals surface area contributed by atoms with Crippen LogP contribution in [0.4, 0.5) is 0 Å². The number of thioether (sulfide) groups is 1. The quantitative estimate of drug-likeness (QED) is 0.855. The van der Waals surface area contributed by atoms with Crippen molar-refractivity contribution in [2.24, 2.45) is 0 Å². The van der Waals surface area contributed by atoms with E-state index in [0.717, 1.165) is 24.4 Å². The first-order valence-corrected chi connectivity index (χ1v) is 6.46. The highest BCUT2D eigenvalue weighted by Gasteiger charge is 2.26. The van der Waals surface area contributed by atoms with Crippen LogP contribution in [0.5, 0.6) is 0 Å². The summed E-state index contributed by atoms with van der Waals surface area (Å²) in [6.45, 7) is 2.34. The standard InChI is InChI=1S/C10H16N4OS/c1-7-11-9(13-12-7)6-14(2)10(15)8-4-3-5-16-8/h8H,3-6H2,1-2H3,(H,11,12,13). The number of hydrogen-bond acceptors (Lipinski definition) is 4. The Bertz CT molecular complexity index is 373. The minimum Gasteiger partial charge on any atom is -0.337 e. The molecule has 88 valence electrons. The van der Waals surface area contributed by atoms with E-state index in [-0.39, 0.29) is 11.2 Å². The molecular formula is C10H16N4OS. The summed E-state index contributed by atoms with van der Waals surface area (Å²) in [5.41, 5.74) is 0. The minimum atomic E-state index is 0.144. The molecule has 2 rings (SSSR count). The maximum atomic E-state index is 12.0. The van der Waals surface area contributed by atoms with E-state index in [4.69, 9.17) is 0 Å². The Morgan fingerprint density at radius 1 is 1.69 bits per heavy atom. The summed E-state index contributed by atoms with van der Waals surface area (Å²) in [6, 6.07) is 0. The molecule has 6 heteroatoms. The van der Waals surface area contributed by atoms with Gasteiger partial charge in [-0.1, -0.05) is 0 Å². The lowest BCUT2D eigenvalue weighted by Gasteiger charge is -2.18. The zero-order valence-electron chi connectivity index (χ0n) is 9.56. The van der Waals surface area contributed by atoms with Crippen molar-refractivity contribution in [3.8, 4) is 0 Å². The highest BCUT2D eigenvalue weighted by Crippen LogP contribution is 2.27. The predicted molar refractivity (Wildman–Crippen MR) is 63.1 cm³/mol. The second kappa shape index (κ2) is 4.86. The van der Waals surface area contributed by atoms with Gasteiger partial charge in [0.05, 0.1) is 11.8 Å². The van der Waals surface area contributed by atoms with Crippen LogP contribution < -0.4 is 0 Å². The molecule has 1 N–H and O–H groups in total. The first kappa shape index (κ1) is 11.4. The van der Waals surface area contributed by atoms with Crippen LogP contribution in [0.15, 0.2) is 0 Å². The third-order valence-corrected chi connectivity index (χ3v) is 3.97. The number of nitrogens with one attached hydrogen (secondary N) is 1. The van der Waals surface area contributed by atoms with Crippen LogP contribution in [0.1, 0.15) is 24.5 Å². The maximum Gasteiger partial charge on any atom is 0.235 e. The summed E-state index contributed by atoms with van der Waals surface area (Å²) < 4.78 is 0. The normalized spacial score (nSPS) is 20.0. The number of hydrogen-bond donors (Lipinski definition) is 1. The largest absolute Gasteiger partial charge is 0.337 e. The summed E-state index contributed by atoms with van der Waals surface area (Å²) in [7, 11) is 1.81. The first-order chi connectivity index (χ1) is 7.66. The fourth-order valence-corrected chi connectivity index (χ4v) is 3.04. The lowest BCUT2D eigenvalue weighted by molar-refractivity contribution is -0.129. The predicted octanol–water partition coefficient (Wildman–Crippen LogP) is 0.967. The fraction of sp³-hybridized carbons (Fsp3) is 0.700. The molecule has 1 saturated heterocycles. The smallest absolute Gasteiger partial charge is 0.235 e.